The summed E-state index contributed by atoms with van der Waals surface area (Å²) in [6, 6.07) is 15.5. The van der Waals surface area contributed by atoms with Gasteiger partial charge >= 0.3 is 0 Å². The molecule has 8 atom stereocenters. The molecule has 3 aromatic carbocycles. The fraction of sp³-hybridized carbons (Fsp3) is 0.389. The summed E-state index contributed by atoms with van der Waals surface area (Å²) in [7, 11) is 2.16. The largest absolute Gasteiger partial charge is 0.368 e. The Hall–Kier alpha value is -5.81. The average Bonchev–Trinajstić information content (AvgIpc) is 3.88. The highest BCUT2D eigenvalue weighted by Gasteiger charge is 2.36. The van der Waals surface area contributed by atoms with Crippen LogP contribution in [0.1, 0.15) is 55.4 Å². The van der Waals surface area contributed by atoms with Crippen LogP contribution in [0.5, 0.6) is 0 Å². The maximum Gasteiger partial charge on any atom is 0.244 e. The van der Waals surface area contributed by atoms with Crippen molar-refractivity contribution in [3.05, 3.63) is 133 Å². The number of hydrogen-bond donors (Lipinski definition) is 11. The second kappa shape index (κ2) is 30.5. The first-order valence-corrected chi connectivity index (χ1v) is 30.1. The molecular weight excluding hydrogens is 1260 g/mol. The number of nitrogens with zero attached hydrogens (tertiary/aromatic N) is 1. The monoisotopic (exact) mass is 1330 g/mol. The summed E-state index contributed by atoms with van der Waals surface area (Å²) in [5, 5.41) is 20.4. The fourth-order valence-corrected chi connectivity index (χ4v) is 11.6. The molecule has 0 aliphatic carbocycles. The first-order chi connectivity index (χ1) is 37.4. The molecule has 0 saturated carbocycles. The van der Waals surface area contributed by atoms with Crippen molar-refractivity contribution in [2.45, 2.75) is 107 Å². The molecule has 5 aromatic rings. The van der Waals surface area contributed by atoms with Gasteiger partial charge in [0, 0.05) is 67.4 Å². The van der Waals surface area contributed by atoms with Crippen LogP contribution in [0, 0.1) is 13.1 Å². The smallest absolute Gasteiger partial charge is 0.244 e. The lowest BCUT2D eigenvalue weighted by atomic mass is 10.00. The molecule has 1 fully saturated rings. The van der Waals surface area contributed by atoms with Crippen LogP contribution < -0.4 is 54.4 Å². The molecule has 6 rings (SSSR count). The third-order valence-electron chi connectivity index (χ3n) is 12.9. The van der Waals surface area contributed by atoms with Crippen LogP contribution in [0.4, 0.5) is 0 Å². The van der Waals surface area contributed by atoms with Crippen LogP contribution in [0.15, 0.2) is 104 Å². The van der Waals surface area contributed by atoms with E-state index in [-0.39, 0.29) is 43.6 Å². The molecule has 1 aliphatic heterocycles. The number of primary amides is 1. The van der Waals surface area contributed by atoms with E-state index in [1.165, 1.54) is 6.20 Å². The summed E-state index contributed by atoms with van der Waals surface area (Å²) in [5.74, 6) is -6.78. The number of pyridine rings is 1. The molecule has 416 valence electrons. The molecule has 0 unspecified atom stereocenters. The van der Waals surface area contributed by atoms with Crippen molar-refractivity contribution in [2.75, 3.05) is 18.1 Å². The number of carbonyl (C=O) groups is 8. The van der Waals surface area contributed by atoms with E-state index in [2.05, 4.69) is 92.4 Å². The number of carbonyl (C=O) groups excluding carboxylic acids is 8. The number of amides is 8. The normalized spacial score (nSPS) is 21.0. The minimum Gasteiger partial charge on any atom is -0.368 e. The lowest BCUT2D eigenvalue weighted by Crippen LogP contribution is -2.61. The van der Waals surface area contributed by atoms with E-state index in [1.807, 2.05) is 60.7 Å². The summed E-state index contributed by atoms with van der Waals surface area (Å²) in [5.41, 5.74) is 21.7. The van der Waals surface area contributed by atoms with Crippen LogP contribution in [0.25, 0.3) is 10.9 Å². The van der Waals surface area contributed by atoms with Crippen molar-refractivity contribution in [3.8, 4) is 0 Å². The second-order valence-corrected chi connectivity index (χ2v) is 24.3. The van der Waals surface area contributed by atoms with E-state index in [9.17, 15) is 38.4 Å². The number of H-pyrrole nitrogens is 1. The standard InChI is InChI=1S/C54H66I2N12O8S2/c1-30(2)46-54(76)67-45(52(74)63-41(47(59)69)23-32-14-18-36(56)19-15-32)29-78-77-28-44(66-48(70)38(58)22-31-12-16-35(55)17-13-31)53(75)64-42(24-33-8-7-21-60-26-33)50(72)65-43(25-34-27-61-39-10-4-3-9-37(34)39)51(73)62-40(49(71)68-46)11-5-6-20-57/h3-4,7-10,12-19,21,26-27,30,38,40-46,61H,5-6,11,20,22-25,28-29,57-58H2,1-2H3,(H2,59,69)(H,62,73)(H,63,74)(H,64,75)(H,65,72)(H,66,70)(H,67,76)(H,68,71)/t38-,40-,41-,42-,43+,44-,45+,46+/m0/s1. The van der Waals surface area contributed by atoms with Gasteiger partial charge in [0.2, 0.25) is 47.3 Å². The summed E-state index contributed by atoms with van der Waals surface area (Å²) < 4.78 is 1.94. The molecule has 0 spiro atoms. The minimum atomic E-state index is -1.35. The zero-order chi connectivity index (χ0) is 56.3. The molecule has 0 radical (unpaired) electrons. The first kappa shape index (κ1) is 61.4. The summed E-state index contributed by atoms with van der Waals surface area (Å²) in [6.45, 7) is 3.71. The van der Waals surface area contributed by atoms with E-state index in [0.29, 0.717) is 30.5 Å². The van der Waals surface area contributed by atoms with Crippen molar-refractivity contribution in [1.82, 2.24) is 47.2 Å². The van der Waals surface area contributed by atoms with Gasteiger partial charge in [0.15, 0.2) is 0 Å². The van der Waals surface area contributed by atoms with Gasteiger partial charge in [-0.05, 0) is 142 Å². The third-order valence-corrected chi connectivity index (χ3v) is 16.8. The Kier molecular flexibility index (Phi) is 24.0. The van der Waals surface area contributed by atoms with Crippen LogP contribution in [-0.2, 0) is 64.0 Å². The number of fused-ring (bicyclic) bond motifs is 1. The number of rotatable bonds is 18. The SMILES string of the molecule is CC(C)[C@H]1NC(=O)[C@H](CCCCN)NC(=O)[C@@H](Cc2c[nH]c3ccccc23)NC(=O)[C@H](Cc2cccnc2)NC(=O)[C@@H](NC(=O)[C@@H](N)Cc2ccc(I)cc2)CSSC[C@H](C(=O)N[C@@H](Cc2ccc(I)cc2)C(N)=O)NC1=O. The number of hydrogen-bond acceptors (Lipinski definition) is 13. The summed E-state index contributed by atoms with van der Waals surface area (Å²) >= 11 is 4.32. The fourth-order valence-electron chi connectivity index (χ4n) is 8.52. The Morgan fingerprint density at radius 2 is 1.32 bits per heavy atom. The molecule has 8 amide bonds. The minimum absolute atomic E-state index is 0.0487. The molecule has 3 heterocycles. The van der Waals surface area contributed by atoms with Gasteiger partial charge in [-0.1, -0.05) is 84.0 Å². The summed E-state index contributed by atoms with van der Waals surface area (Å²) in [6.07, 6.45) is 5.87. The molecule has 24 heteroatoms. The van der Waals surface area contributed by atoms with Gasteiger partial charge in [-0.25, -0.2) is 0 Å². The predicted molar refractivity (Wildman–Crippen MR) is 319 cm³/mol. The van der Waals surface area contributed by atoms with Crippen molar-refractivity contribution < 1.29 is 38.4 Å². The topological polar surface area (TPSA) is 328 Å². The Labute approximate surface area is 488 Å². The maximum absolute atomic E-state index is 14.8. The lowest BCUT2D eigenvalue weighted by molar-refractivity contribution is -0.136. The number of aromatic nitrogens is 2. The van der Waals surface area contributed by atoms with Gasteiger partial charge in [-0.15, -0.1) is 0 Å². The van der Waals surface area contributed by atoms with E-state index in [4.69, 9.17) is 17.2 Å². The zero-order valence-corrected chi connectivity index (χ0v) is 49.0. The Balaban J connectivity index is 1.38. The number of halogens is 2. The van der Waals surface area contributed by atoms with Gasteiger partial charge < -0.3 is 59.4 Å². The highest BCUT2D eigenvalue weighted by molar-refractivity contribution is 14.1. The molecule has 14 N–H and O–H groups in total. The van der Waals surface area contributed by atoms with Crippen LogP contribution >= 0.6 is 66.8 Å². The van der Waals surface area contributed by atoms with E-state index in [0.717, 1.165) is 50.8 Å². The molecule has 2 aromatic heterocycles. The number of unbranched alkanes of at least 4 members (excludes halogenated alkanes) is 1. The Morgan fingerprint density at radius 3 is 1.96 bits per heavy atom. The molecule has 1 aliphatic rings. The van der Waals surface area contributed by atoms with Crippen LogP contribution in [-0.4, -0.2) is 124 Å². The van der Waals surface area contributed by atoms with E-state index in [1.54, 1.807) is 50.5 Å². The number of nitrogens with two attached hydrogens (primary N) is 3. The van der Waals surface area contributed by atoms with Gasteiger partial charge in [-0.3, -0.25) is 43.3 Å². The zero-order valence-electron chi connectivity index (χ0n) is 43.1. The number of aromatic amines is 1. The molecule has 1 saturated heterocycles. The van der Waals surface area contributed by atoms with Gasteiger partial charge in [0.1, 0.15) is 42.3 Å². The van der Waals surface area contributed by atoms with Crippen molar-refractivity contribution in [1.29, 1.82) is 0 Å². The third kappa shape index (κ3) is 18.7. The highest BCUT2D eigenvalue weighted by atomic mass is 127. The van der Waals surface area contributed by atoms with E-state index >= 15 is 0 Å². The van der Waals surface area contributed by atoms with Crippen molar-refractivity contribution >= 4 is 125 Å². The average molecular weight is 1330 g/mol. The first-order valence-electron chi connectivity index (χ1n) is 25.4. The molecule has 78 heavy (non-hydrogen) atoms. The second-order valence-electron chi connectivity index (χ2n) is 19.2. The predicted octanol–water partition coefficient (Wildman–Crippen LogP) is 2.43. The van der Waals surface area contributed by atoms with Crippen LogP contribution in [0.2, 0.25) is 0 Å². The quantitative estimate of drug-likeness (QED) is 0.0342. The number of benzene rings is 3. The van der Waals surface area contributed by atoms with Gasteiger partial charge in [0.05, 0.1) is 6.04 Å². The summed E-state index contributed by atoms with van der Waals surface area (Å²) in [4.78, 5) is 122. The molecule has 0 bridgehead atoms. The van der Waals surface area contributed by atoms with Gasteiger partial charge in [0.25, 0.3) is 0 Å². The van der Waals surface area contributed by atoms with Crippen molar-refractivity contribution in [2.24, 2.45) is 23.1 Å². The highest BCUT2D eigenvalue weighted by Crippen LogP contribution is 2.25. The Bertz CT molecular complexity index is 2870. The molecule has 20 nitrogen and oxygen atoms in total. The number of para-hydroxylation sites is 1. The van der Waals surface area contributed by atoms with Crippen molar-refractivity contribution in [3.63, 3.8) is 0 Å². The molecular formula is C54H66I2N12O8S2. The number of nitrogens with one attached hydrogen (secondary N) is 8. The van der Waals surface area contributed by atoms with Crippen LogP contribution in [0.3, 0.4) is 0 Å². The lowest BCUT2D eigenvalue weighted by Gasteiger charge is -2.29. The van der Waals surface area contributed by atoms with E-state index < -0.39 is 102 Å². The maximum atomic E-state index is 14.8. The van der Waals surface area contributed by atoms with Gasteiger partial charge in [-0.2, -0.15) is 0 Å². The Morgan fingerprint density at radius 1 is 0.705 bits per heavy atom.